The quantitative estimate of drug-likeness (QED) is 0.0394. The third-order valence-corrected chi connectivity index (χ3v) is 12.1. The number of amides is 7. The Morgan fingerprint density at radius 1 is 0.638 bits per heavy atom. The summed E-state index contributed by atoms with van der Waals surface area (Å²) in [5, 5.41) is 34.7. The predicted octanol–water partition coefficient (Wildman–Crippen LogP) is 1.98. The molecule has 0 saturated carbocycles. The summed E-state index contributed by atoms with van der Waals surface area (Å²) in [5.74, 6) is -6.27. The Labute approximate surface area is 399 Å². The third-order valence-electron chi connectivity index (χ3n) is 10.6. The highest BCUT2D eigenvalue weighted by molar-refractivity contribution is 7.98. The van der Waals surface area contributed by atoms with E-state index in [2.05, 4.69) is 36.9 Å². The van der Waals surface area contributed by atoms with E-state index in [1.165, 1.54) is 48.2 Å². The maximum atomic E-state index is 14.3. The van der Waals surface area contributed by atoms with Crippen molar-refractivity contribution >= 4 is 86.0 Å². The van der Waals surface area contributed by atoms with Crippen LogP contribution in [0.15, 0.2) is 114 Å². The van der Waals surface area contributed by atoms with Gasteiger partial charge in [-0.15, -0.1) is 0 Å². The number of rotatable bonds is 24. The summed E-state index contributed by atoms with van der Waals surface area (Å²) in [4.78, 5) is 107. The van der Waals surface area contributed by atoms with E-state index in [1.54, 1.807) is 54.9 Å². The first-order chi connectivity index (χ1) is 32.8. The number of carbonyl (C=O) groups excluding carboxylic acids is 6. The minimum Gasteiger partial charge on any atom is -0.481 e. The van der Waals surface area contributed by atoms with Gasteiger partial charge in [0.05, 0.1) is 11.3 Å². The molecule has 0 unspecified atom stereocenters. The SMILES string of the molecule is CSCC[C@H](NC(=O)[C@H](Cc1c[nH]c2ccccc12)NC(=O)c1ccc(NC(=O)[C@H](Cc2ccc(S(=O)(=O)O)cc2)NC(=O)O)cc1)C(=O)N[C@@H](CC(=O)O)C(=O)N[C@@H](Cc1ccccc1)C(N)=O. The van der Waals surface area contributed by atoms with Crippen LogP contribution in [0, 0.1) is 0 Å². The second-order valence-electron chi connectivity index (χ2n) is 15.6. The fourth-order valence-corrected chi connectivity index (χ4v) is 8.03. The molecule has 0 spiro atoms. The van der Waals surface area contributed by atoms with E-state index in [0.717, 1.165) is 23.0 Å². The van der Waals surface area contributed by atoms with Crippen LogP contribution in [0.1, 0.15) is 39.9 Å². The molecular weight excluding hydrogens is 937 g/mol. The molecule has 5 rings (SSSR count). The molecule has 69 heavy (non-hydrogen) atoms. The van der Waals surface area contributed by atoms with Crippen molar-refractivity contribution < 1.29 is 61.5 Å². The lowest BCUT2D eigenvalue weighted by Crippen LogP contribution is -2.59. The van der Waals surface area contributed by atoms with Crippen LogP contribution in [0.3, 0.4) is 0 Å². The lowest BCUT2D eigenvalue weighted by molar-refractivity contribution is -0.141. The Bertz CT molecular complexity index is 2770. The molecular formula is C46H50N8O13S2. The summed E-state index contributed by atoms with van der Waals surface area (Å²) in [5.41, 5.74) is 8.14. The van der Waals surface area contributed by atoms with Crippen LogP contribution < -0.4 is 37.6 Å². The molecule has 0 radical (unpaired) electrons. The Kier molecular flexibility index (Phi) is 18.4. The molecule has 5 aromatic rings. The van der Waals surface area contributed by atoms with Gasteiger partial charge in [0, 0.05) is 47.6 Å². The van der Waals surface area contributed by atoms with Gasteiger partial charge in [0.1, 0.15) is 30.2 Å². The summed E-state index contributed by atoms with van der Waals surface area (Å²) in [6.45, 7) is 0. The number of nitrogens with two attached hydrogens (primary N) is 1. The van der Waals surface area contributed by atoms with Crippen LogP contribution in [0.5, 0.6) is 0 Å². The highest BCUT2D eigenvalue weighted by atomic mass is 32.2. The van der Waals surface area contributed by atoms with E-state index in [0.29, 0.717) is 22.4 Å². The van der Waals surface area contributed by atoms with Crippen LogP contribution in [-0.4, -0.2) is 118 Å². The number of carbonyl (C=O) groups is 8. The number of hydrogen-bond donors (Lipinski definition) is 11. The van der Waals surface area contributed by atoms with Gasteiger partial charge in [-0.1, -0.05) is 60.7 Å². The maximum Gasteiger partial charge on any atom is 0.405 e. The van der Waals surface area contributed by atoms with E-state index in [4.69, 9.17) is 5.73 Å². The molecule has 0 saturated heterocycles. The third kappa shape index (κ3) is 15.7. The number of fused-ring (bicyclic) bond motifs is 1. The highest BCUT2D eigenvalue weighted by Gasteiger charge is 2.33. The van der Waals surface area contributed by atoms with E-state index in [9.17, 15) is 61.5 Å². The average Bonchev–Trinajstić information content (AvgIpc) is 3.71. The molecule has 7 amide bonds. The second kappa shape index (κ2) is 24.3. The zero-order valence-corrected chi connectivity index (χ0v) is 38.5. The Hall–Kier alpha value is -7.76. The van der Waals surface area contributed by atoms with Crippen molar-refractivity contribution in [1.82, 2.24) is 31.6 Å². The van der Waals surface area contributed by atoms with Gasteiger partial charge in [0.15, 0.2) is 0 Å². The van der Waals surface area contributed by atoms with E-state index in [1.807, 2.05) is 12.1 Å². The van der Waals surface area contributed by atoms with Crippen molar-refractivity contribution in [2.24, 2.45) is 5.73 Å². The van der Waals surface area contributed by atoms with Gasteiger partial charge in [-0.3, -0.25) is 38.1 Å². The number of hydrogen-bond acceptors (Lipinski definition) is 11. The molecule has 1 heterocycles. The first-order valence-corrected chi connectivity index (χ1v) is 23.9. The van der Waals surface area contributed by atoms with Gasteiger partial charge in [0.2, 0.25) is 29.5 Å². The zero-order valence-electron chi connectivity index (χ0n) is 36.8. The minimum atomic E-state index is -4.49. The summed E-state index contributed by atoms with van der Waals surface area (Å²) < 4.78 is 32.1. The zero-order chi connectivity index (χ0) is 50.3. The topological polar surface area (TPSA) is 345 Å². The van der Waals surface area contributed by atoms with Crippen molar-refractivity contribution in [2.75, 3.05) is 17.3 Å². The van der Waals surface area contributed by atoms with Crippen molar-refractivity contribution in [3.63, 3.8) is 0 Å². The van der Waals surface area contributed by atoms with Crippen molar-refractivity contribution in [3.8, 4) is 0 Å². The van der Waals surface area contributed by atoms with Crippen LogP contribution in [0.4, 0.5) is 10.5 Å². The van der Waals surface area contributed by atoms with Crippen LogP contribution in [0.25, 0.3) is 10.9 Å². The smallest absolute Gasteiger partial charge is 0.405 e. The second-order valence-corrected chi connectivity index (χ2v) is 18.0. The minimum absolute atomic E-state index is 0.0117. The van der Waals surface area contributed by atoms with Gasteiger partial charge in [-0.2, -0.15) is 20.2 Å². The summed E-state index contributed by atoms with van der Waals surface area (Å²) in [7, 11) is -4.49. The number of carboxylic acid groups (broad SMARTS) is 2. The largest absolute Gasteiger partial charge is 0.481 e. The molecule has 12 N–H and O–H groups in total. The van der Waals surface area contributed by atoms with Crippen LogP contribution >= 0.6 is 11.8 Å². The Morgan fingerprint density at radius 3 is 1.83 bits per heavy atom. The molecule has 364 valence electrons. The number of nitrogens with one attached hydrogen (secondary N) is 7. The van der Waals surface area contributed by atoms with Crippen molar-refractivity contribution in [1.29, 1.82) is 0 Å². The number of primary amides is 1. The molecule has 0 bridgehead atoms. The summed E-state index contributed by atoms with van der Waals surface area (Å²) in [6.07, 6.45) is 0.754. The number of anilines is 1. The maximum absolute atomic E-state index is 14.3. The van der Waals surface area contributed by atoms with E-state index in [-0.39, 0.29) is 36.9 Å². The average molecular weight is 987 g/mol. The van der Waals surface area contributed by atoms with Crippen molar-refractivity contribution in [2.45, 2.75) is 67.2 Å². The van der Waals surface area contributed by atoms with E-state index < -0.39 is 99.1 Å². The number of aliphatic carboxylic acids is 1. The molecule has 1 aromatic heterocycles. The van der Waals surface area contributed by atoms with Gasteiger partial charge in [-0.25, -0.2) is 4.79 Å². The number of aromatic nitrogens is 1. The standard InChI is InChI=1S/C46H50N8O13S2/c1-68-20-19-34(42(59)53-38(24-39(55)56)45(62)51-35(40(47)57)21-26-7-3-2-4-8-26)50-44(61)37(23-29-25-48-33-10-6-5-9-32(29)33)52-41(58)28-13-15-30(16-14-28)49-43(60)36(54-46(63)64)22-27-11-17-31(18-12-27)69(65,66)67/h2-18,25,34-38,48,54H,19-24H2,1H3,(H2,47,57)(H,49,60)(H,50,61)(H,51,62)(H,52,58)(H,53,59)(H,55,56)(H,63,64)(H,65,66,67)/t34-,35-,36-,37-,38-/m0/s1. The lowest BCUT2D eigenvalue weighted by atomic mass is 10.0. The number of carboxylic acids is 1. The lowest BCUT2D eigenvalue weighted by Gasteiger charge is -2.26. The molecule has 23 heteroatoms. The van der Waals surface area contributed by atoms with Gasteiger partial charge < -0.3 is 52.8 Å². The molecule has 0 aliphatic rings. The normalized spacial score (nSPS) is 13.4. The number of para-hydroxylation sites is 1. The molecule has 0 aliphatic heterocycles. The first kappa shape index (κ1) is 52.2. The number of benzene rings is 4. The monoisotopic (exact) mass is 986 g/mol. The summed E-state index contributed by atoms with van der Waals surface area (Å²) >= 11 is 1.34. The van der Waals surface area contributed by atoms with Gasteiger partial charge >= 0.3 is 12.1 Å². The predicted molar refractivity (Wildman–Crippen MR) is 254 cm³/mol. The molecule has 4 aromatic carbocycles. The van der Waals surface area contributed by atoms with Crippen molar-refractivity contribution in [3.05, 3.63) is 132 Å². The first-order valence-electron chi connectivity index (χ1n) is 21.1. The molecule has 0 fully saturated rings. The number of thioether (sulfide) groups is 1. The highest BCUT2D eigenvalue weighted by Crippen LogP contribution is 2.20. The van der Waals surface area contributed by atoms with E-state index >= 15 is 0 Å². The Balaban J connectivity index is 1.32. The molecule has 21 nitrogen and oxygen atoms in total. The van der Waals surface area contributed by atoms with Crippen LogP contribution in [0.2, 0.25) is 0 Å². The van der Waals surface area contributed by atoms with Gasteiger partial charge in [-0.05, 0) is 77.6 Å². The fraction of sp³-hybridized carbons (Fsp3) is 0.261. The number of H-pyrrole nitrogens is 1. The summed E-state index contributed by atoms with van der Waals surface area (Å²) in [6, 6.07) is 19.1. The molecule has 5 atom stereocenters. The van der Waals surface area contributed by atoms with Gasteiger partial charge in [0.25, 0.3) is 16.0 Å². The van der Waals surface area contributed by atoms with Crippen LogP contribution in [-0.2, 0) is 58.1 Å². The Morgan fingerprint density at radius 2 is 1.20 bits per heavy atom. The number of aromatic amines is 1. The fourth-order valence-electron chi connectivity index (χ4n) is 7.08. The molecule has 0 aliphatic carbocycles.